The lowest BCUT2D eigenvalue weighted by Crippen LogP contribution is -2.43. The van der Waals surface area contributed by atoms with Gasteiger partial charge in [-0.3, -0.25) is 39.2 Å². The maximum absolute atomic E-state index is 13.8. The molecule has 0 unspecified atom stereocenters. The molecule has 0 aliphatic carbocycles. The van der Waals surface area contributed by atoms with Crippen LogP contribution in [0.4, 0.5) is 11.9 Å². The summed E-state index contributed by atoms with van der Waals surface area (Å²) in [7, 11) is 1.47. The van der Waals surface area contributed by atoms with Crippen LogP contribution in [0, 0.1) is 13.8 Å². The van der Waals surface area contributed by atoms with Crippen LogP contribution in [0.5, 0.6) is 11.5 Å². The number of carbonyl (C=O) groups excluding carboxylic acids is 4. The van der Waals surface area contributed by atoms with Crippen LogP contribution in [0.15, 0.2) is 48.6 Å². The fourth-order valence-electron chi connectivity index (χ4n) is 7.59. The van der Waals surface area contributed by atoms with Crippen molar-refractivity contribution in [2.24, 2.45) is 11.5 Å². The number of aromatic nitrogens is 8. The van der Waals surface area contributed by atoms with Gasteiger partial charge in [0, 0.05) is 70.0 Å². The molecule has 5 heterocycles. The molecule has 20 heteroatoms. The smallest absolute Gasteiger partial charge is 0.276 e. The SMILES string of the molecule is CCn1nc(C)cc1C(=O)Nc1nc2cc(C(N)=O)cc(OC)c2n1C/C=C/Cn1c(NC(=O)c2cc(C)nn2CC)nc2cc(C(N)=O)cc(OCCCN3CCNCC3)c21. The molecular weight excluding hydrogens is 797 g/mol. The summed E-state index contributed by atoms with van der Waals surface area (Å²) in [4.78, 5) is 64.1. The lowest BCUT2D eigenvalue weighted by Gasteiger charge is -2.27. The molecule has 1 aliphatic heterocycles. The van der Waals surface area contributed by atoms with Gasteiger partial charge in [-0.15, -0.1) is 0 Å². The van der Waals surface area contributed by atoms with Gasteiger partial charge in [-0.1, -0.05) is 12.2 Å². The second-order valence-corrected chi connectivity index (χ2v) is 14.9. The van der Waals surface area contributed by atoms with Crippen LogP contribution in [0.3, 0.4) is 0 Å². The molecule has 326 valence electrons. The molecule has 7 rings (SSSR count). The van der Waals surface area contributed by atoms with Crippen molar-refractivity contribution in [1.29, 1.82) is 0 Å². The van der Waals surface area contributed by atoms with Crippen molar-refractivity contribution in [1.82, 2.24) is 48.9 Å². The van der Waals surface area contributed by atoms with Crippen LogP contribution in [-0.4, -0.2) is 114 Å². The number of carbonyl (C=O) groups is 4. The molecule has 2 aromatic carbocycles. The highest BCUT2D eigenvalue weighted by molar-refractivity contribution is 6.05. The first-order valence-electron chi connectivity index (χ1n) is 20.5. The fraction of sp³-hybridized carbons (Fsp3) is 0.381. The Morgan fingerprint density at radius 1 is 0.742 bits per heavy atom. The van der Waals surface area contributed by atoms with Gasteiger partial charge in [-0.05, 0) is 70.5 Å². The minimum Gasteiger partial charge on any atom is -0.494 e. The third-order valence-corrected chi connectivity index (χ3v) is 10.6. The minimum absolute atomic E-state index is 0.176. The predicted molar refractivity (Wildman–Crippen MR) is 233 cm³/mol. The standard InChI is InChI=1S/C42H52N14O6/c1-6-55-31(19-25(3)50-55)39(59)48-41-46-29-21-27(37(43)57)23-33(61-5)35(29)53(41)14-8-9-15-54-36-30(47-42(54)49-40(60)32-20-26(4)51-56(32)7-2)22-28(38(44)58)24-34(36)62-18-10-13-52-16-11-45-12-17-52/h8-9,19-24,45H,6-7,10-18H2,1-5H3,(H2,43,57)(H2,44,58)(H,46,48,59)(H,47,49,60)/b9-8+. The van der Waals surface area contributed by atoms with E-state index in [9.17, 15) is 19.2 Å². The summed E-state index contributed by atoms with van der Waals surface area (Å²) in [6, 6.07) is 9.64. The third kappa shape index (κ3) is 9.15. The maximum Gasteiger partial charge on any atom is 0.276 e. The Balaban J connectivity index is 1.25. The number of aryl methyl sites for hydroxylation is 4. The quantitative estimate of drug-likeness (QED) is 0.0619. The highest BCUT2D eigenvalue weighted by atomic mass is 16.5. The van der Waals surface area contributed by atoms with E-state index in [4.69, 9.17) is 30.9 Å². The Kier molecular flexibility index (Phi) is 13.0. The summed E-state index contributed by atoms with van der Waals surface area (Å²) in [6.07, 6.45) is 4.46. The number of fused-ring (bicyclic) bond motifs is 2. The third-order valence-electron chi connectivity index (χ3n) is 10.6. The van der Waals surface area contributed by atoms with Crippen molar-refractivity contribution in [3.05, 3.63) is 82.5 Å². The maximum atomic E-state index is 13.8. The van der Waals surface area contributed by atoms with Crippen LogP contribution in [0.2, 0.25) is 0 Å². The van der Waals surface area contributed by atoms with E-state index in [1.165, 1.54) is 13.2 Å². The lowest BCUT2D eigenvalue weighted by atomic mass is 10.1. The number of benzene rings is 2. The number of methoxy groups -OCH3 is 1. The Morgan fingerprint density at radius 2 is 1.23 bits per heavy atom. The van der Waals surface area contributed by atoms with E-state index in [1.54, 1.807) is 55.8 Å². The molecule has 0 spiro atoms. The van der Waals surface area contributed by atoms with Crippen LogP contribution in [0.25, 0.3) is 22.1 Å². The first kappa shape index (κ1) is 43.0. The monoisotopic (exact) mass is 848 g/mol. The number of nitrogens with one attached hydrogen (secondary N) is 3. The number of ether oxygens (including phenoxy) is 2. The van der Waals surface area contributed by atoms with Gasteiger partial charge in [0.15, 0.2) is 0 Å². The van der Waals surface area contributed by atoms with E-state index in [1.807, 2.05) is 32.9 Å². The van der Waals surface area contributed by atoms with Crippen LogP contribution in [0.1, 0.15) is 73.3 Å². The molecule has 1 aliphatic rings. The number of hydrogen-bond acceptors (Lipinski definition) is 12. The Morgan fingerprint density at radius 3 is 1.69 bits per heavy atom. The Bertz CT molecular complexity index is 2680. The van der Waals surface area contributed by atoms with E-state index in [0.29, 0.717) is 76.0 Å². The van der Waals surface area contributed by atoms with Crippen molar-refractivity contribution in [2.75, 3.05) is 57.1 Å². The molecule has 0 saturated carbocycles. The summed E-state index contributed by atoms with van der Waals surface area (Å²) in [5, 5.41) is 18.1. The van der Waals surface area contributed by atoms with E-state index < -0.39 is 23.6 Å². The second kappa shape index (κ2) is 18.7. The summed E-state index contributed by atoms with van der Waals surface area (Å²) in [6.45, 7) is 13.7. The molecule has 1 saturated heterocycles. The first-order chi connectivity index (χ1) is 29.9. The van der Waals surface area contributed by atoms with Crippen molar-refractivity contribution in [3.8, 4) is 11.5 Å². The summed E-state index contributed by atoms with van der Waals surface area (Å²) >= 11 is 0. The first-order valence-corrected chi connectivity index (χ1v) is 20.5. The largest absolute Gasteiger partial charge is 0.494 e. The number of nitrogens with zero attached hydrogens (tertiary/aromatic N) is 9. The molecule has 7 N–H and O–H groups in total. The zero-order valence-electron chi connectivity index (χ0n) is 35.5. The minimum atomic E-state index is -0.664. The van der Waals surface area contributed by atoms with Crippen molar-refractivity contribution < 1.29 is 28.7 Å². The number of rotatable bonds is 18. The molecule has 4 amide bonds. The highest BCUT2D eigenvalue weighted by Crippen LogP contribution is 2.33. The van der Waals surface area contributed by atoms with Gasteiger partial charge in [0.1, 0.15) is 33.9 Å². The van der Waals surface area contributed by atoms with Crippen LogP contribution >= 0.6 is 0 Å². The molecule has 0 bridgehead atoms. The molecular formula is C42H52N14O6. The van der Waals surface area contributed by atoms with E-state index in [-0.39, 0.29) is 36.1 Å². The number of anilines is 2. The number of imidazole rings is 2. The lowest BCUT2D eigenvalue weighted by molar-refractivity contribution is 0.0991. The van der Waals surface area contributed by atoms with Gasteiger partial charge < -0.3 is 40.3 Å². The average Bonchev–Trinajstić information content (AvgIpc) is 4.03. The van der Waals surface area contributed by atoms with E-state index in [0.717, 1.165) is 39.1 Å². The summed E-state index contributed by atoms with van der Waals surface area (Å²) in [5.41, 5.74) is 15.7. The molecule has 6 aromatic rings. The second-order valence-electron chi connectivity index (χ2n) is 14.9. The normalized spacial score (nSPS) is 13.3. The molecule has 0 radical (unpaired) electrons. The van der Waals surface area contributed by atoms with Crippen molar-refractivity contribution in [2.45, 2.75) is 60.3 Å². The number of hydrogen-bond donors (Lipinski definition) is 5. The topological polar surface area (TPSA) is 249 Å². The number of piperazine rings is 1. The van der Waals surface area contributed by atoms with Gasteiger partial charge in [0.25, 0.3) is 11.8 Å². The predicted octanol–water partition coefficient (Wildman–Crippen LogP) is 3.08. The Labute approximate surface area is 357 Å². The Hall–Kier alpha value is -7.06. The van der Waals surface area contributed by atoms with Crippen molar-refractivity contribution in [3.63, 3.8) is 0 Å². The molecule has 0 atom stereocenters. The average molecular weight is 849 g/mol. The van der Waals surface area contributed by atoms with Gasteiger partial charge in [-0.25, -0.2) is 9.97 Å². The van der Waals surface area contributed by atoms with Crippen LogP contribution in [-0.2, 0) is 26.2 Å². The van der Waals surface area contributed by atoms with Gasteiger partial charge in [0.2, 0.25) is 23.7 Å². The molecule has 20 nitrogen and oxygen atoms in total. The van der Waals surface area contributed by atoms with Crippen LogP contribution < -0.4 is 36.9 Å². The number of primary amides is 2. The zero-order valence-corrected chi connectivity index (χ0v) is 35.5. The fourth-order valence-corrected chi connectivity index (χ4v) is 7.59. The molecule has 62 heavy (non-hydrogen) atoms. The van der Waals surface area contributed by atoms with Crippen molar-refractivity contribution >= 4 is 57.6 Å². The summed E-state index contributed by atoms with van der Waals surface area (Å²) < 4.78 is 18.9. The highest BCUT2D eigenvalue weighted by Gasteiger charge is 2.24. The number of allylic oxidation sites excluding steroid dienone is 2. The number of nitrogens with two attached hydrogens (primary N) is 2. The molecule has 4 aromatic heterocycles. The summed E-state index contributed by atoms with van der Waals surface area (Å²) in [5.74, 6) is -1.07. The van der Waals surface area contributed by atoms with E-state index in [2.05, 4.69) is 31.0 Å². The number of amides is 4. The van der Waals surface area contributed by atoms with Gasteiger partial charge in [-0.2, -0.15) is 10.2 Å². The van der Waals surface area contributed by atoms with Gasteiger partial charge in [0.05, 0.1) is 36.1 Å². The van der Waals surface area contributed by atoms with Gasteiger partial charge >= 0.3 is 0 Å². The van der Waals surface area contributed by atoms with E-state index >= 15 is 0 Å². The molecule has 1 fully saturated rings. The zero-order chi connectivity index (χ0) is 44.1.